The first kappa shape index (κ1) is 17.4. The largest absolute Gasteiger partial charge is 0.370 e. The molecule has 0 amide bonds. The Labute approximate surface area is 141 Å². The van der Waals surface area contributed by atoms with E-state index in [-0.39, 0.29) is 24.0 Å². The summed E-state index contributed by atoms with van der Waals surface area (Å²) in [6.45, 7) is 3.56. The van der Waals surface area contributed by atoms with Crippen LogP contribution in [0.25, 0.3) is 11.4 Å². The number of aromatic nitrogens is 3. The Morgan fingerprint density at radius 1 is 1.43 bits per heavy atom. The number of nitrogens with two attached hydrogens (primary N) is 1. The van der Waals surface area contributed by atoms with Gasteiger partial charge in [0.15, 0.2) is 11.8 Å². The summed E-state index contributed by atoms with van der Waals surface area (Å²) in [6, 6.07) is 8.01. The molecule has 2 aromatic rings. The Hall–Kier alpha value is -1.64. The fraction of sp³-hybridized carbons (Fsp3) is 0.357. The van der Waals surface area contributed by atoms with Gasteiger partial charge in [0.25, 0.3) is 0 Å². The molecule has 0 aliphatic rings. The van der Waals surface area contributed by atoms with Gasteiger partial charge in [-0.3, -0.25) is 5.10 Å². The number of benzene rings is 1. The molecule has 0 unspecified atom stereocenters. The zero-order valence-electron chi connectivity index (χ0n) is 12.0. The zero-order valence-corrected chi connectivity index (χ0v) is 14.4. The van der Waals surface area contributed by atoms with Crippen LogP contribution in [0.15, 0.2) is 35.6 Å². The van der Waals surface area contributed by atoms with Crippen molar-refractivity contribution in [1.82, 2.24) is 20.5 Å². The van der Waals surface area contributed by atoms with Crippen molar-refractivity contribution in [2.24, 2.45) is 10.7 Å². The molecule has 1 aromatic carbocycles. The van der Waals surface area contributed by atoms with E-state index in [1.807, 2.05) is 24.3 Å². The zero-order chi connectivity index (χ0) is 14.2. The first-order valence-corrected chi connectivity index (χ1v) is 6.78. The molecule has 2 rings (SSSR count). The molecule has 21 heavy (non-hydrogen) atoms. The second kappa shape index (κ2) is 9.32. The summed E-state index contributed by atoms with van der Waals surface area (Å²) in [4.78, 5) is 8.46. The van der Waals surface area contributed by atoms with E-state index < -0.39 is 0 Å². The van der Waals surface area contributed by atoms with Gasteiger partial charge in [0.1, 0.15) is 6.33 Å². The van der Waals surface area contributed by atoms with Gasteiger partial charge in [-0.25, -0.2) is 9.98 Å². The topological polar surface area (TPSA) is 92.0 Å². The van der Waals surface area contributed by atoms with Crippen LogP contribution >= 0.6 is 24.0 Å². The fourth-order valence-corrected chi connectivity index (χ4v) is 1.79. The van der Waals surface area contributed by atoms with Gasteiger partial charge in [-0.1, -0.05) is 31.5 Å². The number of hydrogen-bond donors (Lipinski definition) is 3. The van der Waals surface area contributed by atoms with Gasteiger partial charge in [-0.05, 0) is 18.1 Å². The molecule has 1 aromatic heterocycles. The van der Waals surface area contributed by atoms with Crippen molar-refractivity contribution in [3.05, 3.63) is 36.2 Å². The monoisotopic (exact) mass is 400 g/mol. The van der Waals surface area contributed by atoms with Crippen LogP contribution in [-0.2, 0) is 6.54 Å². The smallest absolute Gasteiger partial charge is 0.188 e. The van der Waals surface area contributed by atoms with Gasteiger partial charge in [-0.2, -0.15) is 5.10 Å². The molecule has 4 N–H and O–H groups in total. The fourth-order valence-electron chi connectivity index (χ4n) is 1.79. The average Bonchev–Trinajstić information content (AvgIpc) is 3.00. The van der Waals surface area contributed by atoms with E-state index in [0.29, 0.717) is 12.5 Å². The molecular formula is C14H21IN6. The van der Waals surface area contributed by atoms with Crippen molar-refractivity contribution in [3.8, 4) is 11.4 Å². The molecule has 0 saturated heterocycles. The minimum absolute atomic E-state index is 0. The molecule has 6 nitrogen and oxygen atoms in total. The van der Waals surface area contributed by atoms with E-state index in [9.17, 15) is 0 Å². The van der Waals surface area contributed by atoms with Gasteiger partial charge in [0.2, 0.25) is 0 Å². The highest BCUT2D eigenvalue weighted by atomic mass is 127. The Morgan fingerprint density at radius 2 is 2.29 bits per heavy atom. The van der Waals surface area contributed by atoms with Crippen molar-refractivity contribution in [3.63, 3.8) is 0 Å². The van der Waals surface area contributed by atoms with Crippen LogP contribution in [0.5, 0.6) is 0 Å². The lowest BCUT2D eigenvalue weighted by atomic mass is 10.1. The van der Waals surface area contributed by atoms with E-state index in [1.54, 1.807) is 0 Å². The van der Waals surface area contributed by atoms with Gasteiger partial charge in [0.05, 0.1) is 6.54 Å². The number of nitrogens with one attached hydrogen (secondary N) is 2. The molecule has 0 bridgehead atoms. The third-order valence-corrected chi connectivity index (χ3v) is 2.88. The Morgan fingerprint density at radius 3 is 3.00 bits per heavy atom. The molecule has 114 valence electrons. The number of guanidine groups is 1. The highest BCUT2D eigenvalue weighted by Crippen LogP contribution is 2.15. The SMILES string of the molecule is CCCCNC(N)=NCc1cccc(-c2ncn[nH]2)c1.I. The van der Waals surface area contributed by atoms with E-state index in [1.165, 1.54) is 6.33 Å². The van der Waals surface area contributed by atoms with Crippen LogP contribution in [0.1, 0.15) is 25.3 Å². The summed E-state index contributed by atoms with van der Waals surface area (Å²) >= 11 is 0. The molecule has 0 atom stereocenters. The van der Waals surface area contributed by atoms with Crippen molar-refractivity contribution in [2.75, 3.05) is 6.54 Å². The van der Waals surface area contributed by atoms with E-state index in [2.05, 4.69) is 32.4 Å². The first-order valence-electron chi connectivity index (χ1n) is 6.78. The molecule has 0 fully saturated rings. The number of nitrogens with zero attached hydrogens (tertiary/aromatic N) is 3. The second-order valence-corrected chi connectivity index (χ2v) is 4.52. The Bertz CT molecular complexity index is 552. The predicted molar refractivity (Wildman–Crippen MR) is 95.5 cm³/mol. The van der Waals surface area contributed by atoms with E-state index in [4.69, 9.17) is 5.73 Å². The molecule has 0 aliphatic heterocycles. The third kappa shape index (κ3) is 5.70. The van der Waals surface area contributed by atoms with E-state index >= 15 is 0 Å². The summed E-state index contributed by atoms with van der Waals surface area (Å²) in [6.07, 6.45) is 3.73. The highest BCUT2D eigenvalue weighted by Gasteiger charge is 2.01. The Balaban J connectivity index is 0.00000220. The predicted octanol–water partition coefficient (Wildman–Crippen LogP) is 2.29. The maximum atomic E-state index is 5.81. The number of unbranched alkanes of at least 4 members (excludes halogenated alkanes) is 1. The van der Waals surface area contributed by atoms with Crippen LogP contribution in [-0.4, -0.2) is 27.7 Å². The average molecular weight is 400 g/mol. The van der Waals surface area contributed by atoms with Crippen molar-refractivity contribution in [1.29, 1.82) is 0 Å². The van der Waals surface area contributed by atoms with Crippen LogP contribution < -0.4 is 11.1 Å². The molecule has 1 heterocycles. The second-order valence-electron chi connectivity index (χ2n) is 4.52. The maximum Gasteiger partial charge on any atom is 0.188 e. The molecule has 7 heteroatoms. The highest BCUT2D eigenvalue weighted by molar-refractivity contribution is 14.0. The summed E-state index contributed by atoms with van der Waals surface area (Å²) in [7, 11) is 0. The summed E-state index contributed by atoms with van der Waals surface area (Å²) in [5, 5.41) is 9.79. The molecule has 0 aliphatic carbocycles. The van der Waals surface area contributed by atoms with Crippen molar-refractivity contribution < 1.29 is 0 Å². The molecule has 0 spiro atoms. The van der Waals surface area contributed by atoms with Crippen LogP contribution in [0.3, 0.4) is 0 Å². The van der Waals surface area contributed by atoms with Gasteiger partial charge in [0, 0.05) is 12.1 Å². The number of aliphatic imine (C=N–C) groups is 1. The van der Waals surface area contributed by atoms with E-state index in [0.717, 1.165) is 36.3 Å². The summed E-state index contributed by atoms with van der Waals surface area (Å²) in [5.74, 6) is 1.24. The third-order valence-electron chi connectivity index (χ3n) is 2.88. The Kier molecular flexibility index (Phi) is 7.73. The minimum atomic E-state index is 0. The first-order chi connectivity index (χ1) is 9.79. The standard InChI is InChI=1S/C14H20N6.HI/c1-2-3-7-16-14(15)17-9-11-5-4-6-12(8-11)13-18-10-19-20-13;/h4-6,8,10H,2-3,7,9H2,1H3,(H3,15,16,17)(H,18,19,20);1H. The minimum Gasteiger partial charge on any atom is -0.370 e. The number of aromatic amines is 1. The van der Waals surface area contributed by atoms with Crippen molar-refractivity contribution in [2.45, 2.75) is 26.3 Å². The summed E-state index contributed by atoms with van der Waals surface area (Å²) in [5.41, 5.74) is 7.88. The normalized spacial score (nSPS) is 11.0. The van der Waals surface area contributed by atoms with Crippen LogP contribution in [0.2, 0.25) is 0 Å². The lowest BCUT2D eigenvalue weighted by Gasteiger charge is -2.05. The quantitative estimate of drug-likeness (QED) is 0.300. The van der Waals surface area contributed by atoms with Gasteiger partial charge >= 0.3 is 0 Å². The van der Waals surface area contributed by atoms with Crippen molar-refractivity contribution >= 4 is 29.9 Å². The lowest BCUT2D eigenvalue weighted by Crippen LogP contribution is -2.32. The molecular weight excluding hydrogens is 379 g/mol. The van der Waals surface area contributed by atoms with Crippen LogP contribution in [0.4, 0.5) is 0 Å². The lowest BCUT2D eigenvalue weighted by molar-refractivity contribution is 0.748. The number of rotatable bonds is 6. The number of H-pyrrole nitrogens is 1. The summed E-state index contributed by atoms with van der Waals surface area (Å²) < 4.78 is 0. The molecule has 0 saturated carbocycles. The van der Waals surface area contributed by atoms with Gasteiger partial charge < -0.3 is 11.1 Å². The number of hydrogen-bond acceptors (Lipinski definition) is 3. The number of halogens is 1. The van der Waals surface area contributed by atoms with Gasteiger partial charge in [-0.15, -0.1) is 24.0 Å². The molecule has 0 radical (unpaired) electrons. The maximum absolute atomic E-state index is 5.81. The van der Waals surface area contributed by atoms with Crippen LogP contribution in [0, 0.1) is 0 Å².